The van der Waals surface area contributed by atoms with Crippen LogP contribution in [0.2, 0.25) is 0 Å². The number of hydrogen-bond donors (Lipinski definition) is 0. The number of nitrogens with zero attached hydrogens (tertiary/aromatic N) is 5. The fourth-order valence-electron chi connectivity index (χ4n) is 3.81. The first-order valence-corrected chi connectivity index (χ1v) is 11.5. The van der Waals surface area contributed by atoms with Crippen molar-refractivity contribution in [2.75, 3.05) is 11.5 Å². The summed E-state index contributed by atoms with van der Waals surface area (Å²) in [4.78, 5) is 13.2. The van der Waals surface area contributed by atoms with E-state index in [0.717, 1.165) is 16.5 Å². The van der Waals surface area contributed by atoms with Crippen molar-refractivity contribution in [3.63, 3.8) is 0 Å². The van der Waals surface area contributed by atoms with E-state index in [4.69, 9.17) is 9.52 Å². The van der Waals surface area contributed by atoms with Gasteiger partial charge in [-0.05, 0) is 42.5 Å². The van der Waals surface area contributed by atoms with Crippen LogP contribution >= 0.6 is 0 Å². The van der Waals surface area contributed by atoms with E-state index in [-0.39, 0.29) is 11.9 Å². The maximum Gasteiger partial charge on any atom is 0.230 e. The van der Waals surface area contributed by atoms with E-state index in [1.165, 1.54) is 18.5 Å². The van der Waals surface area contributed by atoms with E-state index in [1.807, 2.05) is 35.1 Å². The molecule has 0 atom stereocenters. The zero-order valence-electron chi connectivity index (χ0n) is 16.7. The Balaban J connectivity index is 1.53. The summed E-state index contributed by atoms with van der Waals surface area (Å²) in [6.45, 7) is 0. The molecule has 158 valence electrons. The zero-order chi connectivity index (χ0) is 21.7. The molecule has 0 aliphatic carbocycles. The Morgan fingerprint density at radius 2 is 1.88 bits per heavy atom. The molecule has 32 heavy (non-hydrogen) atoms. The Labute approximate surface area is 184 Å². The molecule has 0 spiro atoms. The number of pyridine rings is 1. The average molecular weight is 445 g/mol. The molecule has 6 rings (SSSR count). The molecule has 1 fully saturated rings. The molecule has 1 aliphatic rings. The van der Waals surface area contributed by atoms with E-state index in [9.17, 15) is 8.60 Å². The second-order valence-corrected chi connectivity index (χ2v) is 9.12. The summed E-state index contributed by atoms with van der Waals surface area (Å²) in [5, 5.41) is 5.50. The summed E-state index contributed by atoms with van der Waals surface area (Å²) in [6, 6.07) is 13.7. The first kappa shape index (κ1) is 19.0. The van der Waals surface area contributed by atoms with Gasteiger partial charge in [0.05, 0.1) is 17.1 Å². The molecule has 0 bridgehead atoms. The molecule has 0 unspecified atom stereocenters. The molecule has 1 aromatic carbocycles. The minimum absolute atomic E-state index is 0.0644. The van der Waals surface area contributed by atoms with Crippen LogP contribution in [-0.4, -0.2) is 40.4 Å². The van der Waals surface area contributed by atoms with E-state index < -0.39 is 10.8 Å². The summed E-state index contributed by atoms with van der Waals surface area (Å²) in [5.41, 5.74) is 4.01. The summed E-state index contributed by atoms with van der Waals surface area (Å²) < 4.78 is 33.0. The number of furan rings is 1. The van der Waals surface area contributed by atoms with Crippen LogP contribution in [0, 0.1) is 5.82 Å². The quantitative estimate of drug-likeness (QED) is 0.411. The lowest BCUT2D eigenvalue weighted by Crippen LogP contribution is -2.33. The monoisotopic (exact) mass is 445 g/mol. The summed E-state index contributed by atoms with van der Waals surface area (Å²) in [5.74, 6) is 1.41. The molecule has 0 amide bonds. The van der Waals surface area contributed by atoms with Crippen LogP contribution in [0.25, 0.3) is 45.1 Å². The van der Waals surface area contributed by atoms with Gasteiger partial charge in [-0.1, -0.05) is 6.07 Å². The molecular formula is C23H16FN5O2S. The van der Waals surface area contributed by atoms with Crippen molar-refractivity contribution in [2.24, 2.45) is 0 Å². The molecule has 0 radical (unpaired) electrons. The van der Waals surface area contributed by atoms with Gasteiger partial charge in [-0.2, -0.15) is 5.10 Å². The van der Waals surface area contributed by atoms with Gasteiger partial charge in [-0.25, -0.2) is 14.4 Å². The molecule has 1 saturated heterocycles. The number of fused-ring (bicyclic) bond motifs is 1. The highest BCUT2D eigenvalue weighted by molar-refractivity contribution is 7.86. The van der Waals surface area contributed by atoms with Crippen LogP contribution < -0.4 is 0 Å². The minimum Gasteiger partial charge on any atom is -0.436 e. The Kier molecular flexibility index (Phi) is 4.43. The number of benzene rings is 1. The summed E-state index contributed by atoms with van der Waals surface area (Å²) in [6.07, 6.45) is 5.07. The predicted octanol–water partition coefficient (Wildman–Crippen LogP) is 4.26. The summed E-state index contributed by atoms with van der Waals surface area (Å²) >= 11 is 0. The first-order valence-electron chi connectivity index (χ1n) is 10.0. The highest BCUT2D eigenvalue weighted by Gasteiger charge is 2.30. The fourth-order valence-corrected chi connectivity index (χ4v) is 4.88. The molecule has 0 N–H and O–H groups in total. The second-order valence-electron chi connectivity index (χ2n) is 7.57. The van der Waals surface area contributed by atoms with Crippen molar-refractivity contribution in [3.8, 4) is 34.0 Å². The van der Waals surface area contributed by atoms with Gasteiger partial charge >= 0.3 is 0 Å². The molecule has 4 aromatic heterocycles. The van der Waals surface area contributed by atoms with Crippen LogP contribution in [0.3, 0.4) is 0 Å². The Morgan fingerprint density at radius 1 is 1.03 bits per heavy atom. The third kappa shape index (κ3) is 3.21. The van der Waals surface area contributed by atoms with Crippen molar-refractivity contribution in [2.45, 2.75) is 6.04 Å². The number of halogens is 1. The first-order chi connectivity index (χ1) is 15.7. The van der Waals surface area contributed by atoms with E-state index in [1.54, 1.807) is 18.3 Å². The molecule has 5 heterocycles. The minimum atomic E-state index is -0.810. The standard InChI is InChI=1S/C23H16FN5O2S/c24-15-6-4-14(5-7-15)21-18(10-29(28-21)16-11-32(30)12-16)22-17-9-20(19-3-1-2-8-25-19)31-23(17)27-13-26-22/h1-10,13,16H,11-12H2. The largest absolute Gasteiger partial charge is 0.436 e. The predicted molar refractivity (Wildman–Crippen MR) is 119 cm³/mol. The van der Waals surface area contributed by atoms with Crippen LogP contribution in [-0.2, 0) is 10.8 Å². The van der Waals surface area contributed by atoms with Crippen molar-refractivity contribution in [3.05, 3.63) is 73.1 Å². The van der Waals surface area contributed by atoms with Gasteiger partial charge in [0.25, 0.3) is 0 Å². The van der Waals surface area contributed by atoms with Gasteiger partial charge in [0, 0.05) is 45.8 Å². The van der Waals surface area contributed by atoms with Gasteiger partial charge in [0.2, 0.25) is 5.71 Å². The fraction of sp³-hybridized carbons (Fsp3) is 0.130. The van der Waals surface area contributed by atoms with E-state index in [0.29, 0.717) is 40.1 Å². The average Bonchev–Trinajstić information content (AvgIpc) is 3.43. The smallest absolute Gasteiger partial charge is 0.230 e. The van der Waals surface area contributed by atoms with Crippen LogP contribution in [0.15, 0.2) is 71.7 Å². The third-order valence-electron chi connectivity index (χ3n) is 5.48. The van der Waals surface area contributed by atoms with Gasteiger partial charge in [-0.3, -0.25) is 13.9 Å². The highest BCUT2D eigenvalue weighted by atomic mass is 32.2. The summed E-state index contributed by atoms with van der Waals surface area (Å²) in [7, 11) is -0.810. The van der Waals surface area contributed by atoms with Gasteiger partial charge in [0.15, 0.2) is 5.76 Å². The van der Waals surface area contributed by atoms with E-state index in [2.05, 4.69) is 15.0 Å². The normalized spacial score (nSPS) is 18.0. The number of rotatable bonds is 4. The maximum atomic E-state index is 13.5. The third-order valence-corrected chi connectivity index (χ3v) is 7.00. The van der Waals surface area contributed by atoms with Crippen molar-refractivity contribution in [1.82, 2.24) is 24.7 Å². The zero-order valence-corrected chi connectivity index (χ0v) is 17.5. The number of aromatic nitrogens is 5. The van der Waals surface area contributed by atoms with Crippen LogP contribution in [0.1, 0.15) is 6.04 Å². The SMILES string of the molecule is O=S1CC(n2cc(-c3ncnc4oc(-c5ccccn5)cc34)c(-c3ccc(F)cc3)n2)C1. The van der Waals surface area contributed by atoms with Crippen molar-refractivity contribution in [1.29, 1.82) is 0 Å². The van der Waals surface area contributed by atoms with Crippen LogP contribution in [0.5, 0.6) is 0 Å². The lowest BCUT2D eigenvalue weighted by molar-refractivity contribution is 0.507. The van der Waals surface area contributed by atoms with Crippen molar-refractivity contribution >= 4 is 21.9 Å². The van der Waals surface area contributed by atoms with Gasteiger partial charge in [0.1, 0.15) is 23.5 Å². The molecule has 7 nitrogen and oxygen atoms in total. The highest BCUT2D eigenvalue weighted by Crippen LogP contribution is 2.37. The molecule has 0 saturated carbocycles. The molecule has 1 aliphatic heterocycles. The Bertz CT molecular complexity index is 1460. The van der Waals surface area contributed by atoms with Gasteiger partial charge in [-0.15, -0.1) is 0 Å². The van der Waals surface area contributed by atoms with E-state index >= 15 is 0 Å². The molecular weight excluding hydrogens is 429 g/mol. The van der Waals surface area contributed by atoms with Crippen molar-refractivity contribution < 1.29 is 13.0 Å². The molecule has 9 heteroatoms. The van der Waals surface area contributed by atoms with Crippen LogP contribution in [0.4, 0.5) is 4.39 Å². The Hall–Kier alpha value is -3.72. The lowest BCUT2D eigenvalue weighted by atomic mass is 10.0. The topological polar surface area (TPSA) is 86.7 Å². The molecule has 5 aromatic rings. The number of hydrogen-bond acceptors (Lipinski definition) is 6. The maximum absolute atomic E-state index is 13.5. The van der Waals surface area contributed by atoms with Gasteiger partial charge < -0.3 is 4.42 Å². The second kappa shape index (κ2) is 7.45. The Morgan fingerprint density at radius 3 is 2.62 bits per heavy atom. The lowest BCUT2D eigenvalue weighted by Gasteiger charge is -2.24.